The summed E-state index contributed by atoms with van der Waals surface area (Å²) in [5.74, 6) is -0.308. The fourth-order valence-electron chi connectivity index (χ4n) is 2.12. The largest absolute Gasteiger partial charge is 0.368 e. The molecule has 7 heteroatoms. The summed E-state index contributed by atoms with van der Waals surface area (Å²) in [6, 6.07) is 14.6. The van der Waals surface area contributed by atoms with E-state index in [-0.39, 0.29) is 10.8 Å². The van der Waals surface area contributed by atoms with Crippen LogP contribution in [-0.4, -0.2) is 27.0 Å². The molecule has 0 aliphatic heterocycles. The molecule has 0 aliphatic carbocycles. The number of carbonyl (C=O) groups is 1. The Morgan fingerprint density at radius 1 is 1.15 bits per heavy atom. The van der Waals surface area contributed by atoms with E-state index in [9.17, 15) is 13.2 Å². The second-order valence-corrected chi connectivity index (χ2v) is 7.26. The molecule has 0 heterocycles. The van der Waals surface area contributed by atoms with Crippen LogP contribution < -0.4 is 10.0 Å². The van der Waals surface area contributed by atoms with E-state index in [1.165, 1.54) is 12.1 Å². The molecule has 2 rings (SSSR count). The third-order valence-electron chi connectivity index (χ3n) is 3.49. The fraction of sp³-hybridized carbons (Fsp3) is 0.211. The lowest BCUT2D eigenvalue weighted by molar-refractivity contribution is -0.126. The van der Waals surface area contributed by atoms with Gasteiger partial charge in [-0.15, -0.1) is 6.58 Å². The van der Waals surface area contributed by atoms with Gasteiger partial charge in [-0.2, -0.15) is 0 Å². The molecule has 2 N–H and O–H groups in total. The van der Waals surface area contributed by atoms with Crippen molar-refractivity contribution in [1.29, 1.82) is 0 Å². The number of nitrogens with one attached hydrogen (secondary N) is 2. The van der Waals surface area contributed by atoms with Gasteiger partial charge in [0.2, 0.25) is 0 Å². The van der Waals surface area contributed by atoms with Crippen LogP contribution in [-0.2, 0) is 19.6 Å². The third-order valence-corrected chi connectivity index (χ3v) is 4.89. The van der Waals surface area contributed by atoms with E-state index in [2.05, 4.69) is 16.6 Å². The molecule has 26 heavy (non-hydrogen) atoms. The lowest BCUT2D eigenvalue weighted by Gasteiger charge is -2.14. The number of ether oxygens (including phenoxy) is 1. The van der Waals surface area contributed by atoms with Crippen molar-refractivity contribution < 1.29 is 17.9 Å². The maximum absolute atomic E-state index is 12.4. The number of carbonyl (C=O) groups excluding carboxylic acids is 1. The van der Waals surface area contributed by atoms with E-state index in [4.69, 9.17) is 4.74 Å². The highest BCUT2D eigenvalue weighted by Gasteiger charge is 2.15. The van der Waals surface area contributed by atoms with Crippen molar-refractivity contribution in [1.82, 2.24) is 0 Å². The van der Waals surface area contributed by atoms with E-state index < -0.39 is 16.1 Å². The minimum atomic E-state index is -3.69. The minimum Gasteiger partial charge on any atom is -0.368 e. The summed E-state index contributed by atoms with van der Waals surface area (Å²) in [5, 5.41) is 2.71. The topological polar surface area (TPSA) is 84.5 Å². The van der Waals surface area contributed by atoms with Crippen LogP contribution in [0.25, 0.3) is 0 Å². The van der Waals surface area contributed by atoms with E-state index in [1.807, 2.05) is 0 Å². The monoisotopic (exact) mass is 374 g/mol. The first-order valence-electron chi connectivity index (χ1n) is 8.13. The minimum absolute atomic E-state index is 0.165. The predicted octanol–water partition coefficient (Wildman–Crippen LogP) is 3.41. The SMILES string of the molecule is C=CCCOC(C)C(=O)Nc1cccc(NS(=O)(=O)c2ccccc2)c1. The van der Waals surface area contributed by atoms with Crippen molar-refractivity contribution in [2.24, 2.45) is 0 Å². The number of benzene rings is 2. The molecule has 2 aromatic carbocycles. The zero-order chi connectivity index (χ0) is 19.0. The average Bonchev–Trinajstić information content (AvgIpc) is 2.62. The van der Waals surface area contributed by atoms with Gasteiger partial charge in [-0.05, 0) is 43.7 Å². The van der Waals surface area contributed by atoms with E-state index >= 15 is 0 Å². The third kappa shape index (κ3) is 5.72. The van der Waals surface area contributed by atoms with Crippen molar-refractivity contribution in [3.05, 3.63) is 67.3 Å². The van der Waals surface area contributed by atoms with Crippen LogP contribution in [0.4, 0.5) is 11.4 Å². The predicted molar refractivity (Wildman–Crippen MR) is 103 cm³/mol. The van der Waals surface area contributed by atoms with Gasteiger partial charge < -0.3 is 10.1 Å². The van der Waals surface area contributed by atoms with Crippen molar-refractivity contribution >= 4 is 27.3 Å². The van der Waals surface area contributed by atoms with Gasteiger partial charge >= 0.3 is 0 Å². The Morgan fingerprint density at radius 2 is 1.85 bits per heavy atom. The Hall–Kier alpha value is -2.64. The van der Waals surface area contributed by atoms with Crippen LogP contribution >= 0.6 is 0 Å². The zero-order valence-corrected chi connectivity index (χ0v) is 15.3. The molecule has 1 atom stereocenters. The Bertz CT molecular complexity index is 851. The Labute approximate surface area is 153 Å². The summed E-state index contributed by atoms with van der Waals surface area (Å²) >= 11 is 0. The molecule has 2 aromatic rings. The zero-order valence-electron chi connectivity index (χ0n) is 14.5. The molecule has 0 saturated heterocycles. The molecule has 0 aromatic heterocycles. The van der Waals surface area contributed by atoms with Crippen LogP contribution in [0.5, 0.6) is 0 Å². The van der Waals surface area contributed by atoms with Gasteiger partial charge in [0.05, 0.1) is 17.2 Å². The number of sulfonamides is 1. The average molecular weight is 374 g/mol. The maximum atomic E-state index is 12.4. The second kappa shape index (κ2) is 9.17. The number of hydrogen-bond donors (Lipinski definition) is 2. The summed E-state index contributed by atoms with van der Waals surface area (Å²) in [7, 11) is -3.69. The van der Waals surface area contributed by atoms with Crippen LogP contribution in [0.1, 0.15) is 13.3 Å². The Morgan fingerprint density at radius 3 is 2.54 bits per heavy atom. The molecule has 0 radical (unpaired) electrons. The van der Waals surface area contributed by atoms with Crippen LogP contribution in [0.3, 0.4) is 0 Å². The fourth-order valence-corrected chi connectivity index (χ4v) is 3.19. The van der Waals surface area contributed by atoms with Gasteiger partial charge in [-0.1, -0.05) is 30.3 Å². The molecular formula is C19H22N2O4S. The van der Waals surface area contributed by atoms with Gasteiger partial charge in [0, 0.05) is 5.69 Å². The maximum Gasteiger partial charge on any atom is 0.261 e. The van der Waals surface area contributed by atoms with Crippen molar-refractivity contribution in [3.8, 4) is 0 Å². The summed E-state index contributed by atoms with van der Waals surface area (Å²) in [4.78, 5) is 12.3. The summed E-state index contributed by atoms with van der Waals surface area (Å²) < 4.78 is 32.6. The normalized spacial score (nSPS) is 12.2. The molecular weight excluding hydrogens is 352 g/mol. The highest BCUT2D eigenvalue weighted by molar-refractivity contribution is 7.92. The molecule has 138 valence electrons. The molecule has 0 aliphatic rings. The van der Waals surface area contributed by atoms with Crippen molar-refractivity contribution in [3.63, 3.8) is 0 Å². The first-order valence-corrected chi connectivity index (χ1v) is 9.62. The van der Waals surface area contributed by atoms with Gasteiger partial charge in [-0.25, -0.2) is 8.42 Å². The molecule has 1 unspecified atom stereocenters. The quantitative estimate of drug-likeness (QED) is 0.520. The first-order chi connectivity index (χ1) is 12.4. The molecule has 1 amide bonds. The molecule has 0 bridgehead atoms. The van der Waals surface area contributed by atoms with Gasteiger partial charge in [0.25, 0.3) is 15.9 Å². The lowest BCUT2D eigenvalue weighted by atomic mass is 10.2. The number of hydrogen-bond acceptors (Lipinski definition) is 4. The number of rotatable bonds is 9. The number of amides is 1. The summed E-state index contributed by atoms with van der Waals surface area (Å²) in [6.07, 6.45) is 1.75. The van der Waals surface area contributed by atoms with E-state index in [0.29, 0.717) is 24.4 Å². The first kappa shape index (κ1) is 19.7. The van der Waals surface area contributed by atoms with Crippen LogP contribution in [0, 0.1) is 0 Å². The van der Waals surface area contributed by atoms with Crippen LogP contribution in [0.15, 0.2) is 72.1 Å². The molecule has 0 fully saturated rings. The molecule has 0 saturated carbocycles. The summed E-state index contributed by atoms with van der Waals surface area (Å²) in [6.45, 7) is 5.66. The highest BCUT2D eigenvalue weighted by atomic mass is 32.2. The molecule has 6 nitrogen and oxygen atoms in total. The van der Waals surface area contributed by atoms with Crippen molar-refractivity contribution in [2.75, 3.05) is 16.6 Å². The van der Waals surface area contributed by atoms with Gasteiger partial charge in [-0.3, -0.25) is 9.52 Å². The van der Waals surface area contributed by atoms with Gasteiger partial charge in [0.15, 0.2) is 0 Å². The lowest BCUT2D eigenvalue weighted by Crippen LogP contribution is -2.28. The molecule has 0 spiro atoms. The second-order valence-electron chi connectivity index (χ2n) is 5.58. The van der Waals surface area contributed by atoms with Crippen LogP contribution in [0.2, 0.25) is 0 Å². The number of anilines is 2. The Balaban J connectivity index is 2.04. The Kier molecular flexibility index (Phi) is 6.94. The summed E-state index contributed by atoms with van der Waals surface area (Å²) in [5.41, 5.74) is 0.828. The standard InChI is InChI=1S/C19H22N2O4S/c1-3-4-13-25-15(2)19(22)20-16-9-8-10-17(14-16)21-26(23,24)18-11-6-5-7-12-18/h3,5-12,14-15,21H,1,4,13H2,2H3,(H,20,22). The van der Waals surface area contributed by atoms with E-state index in [0.717, 1.165) is 0 Å². The van der Waals surface area contributed by atoms with E-state index in [1.54, 1.807) is 55.5 Å². The highest BCUT2D eigenvalue weighted by Crippen LogP contribution is 2.19. The van der Waals surface area contributed by atoms with Gasteiger partial charge in [0.1, 0.15) is 6.10 Å². The van der Waals surface area contributed by atoms with Crippen molar-refractivity contribution in [2.45, 2.75) is 24.3 Å². The smallest absolute Gasteiger partial charge is 0.261 e.